The predicted molar refractivity (Wildman–Crippen MR) is 66.4 cm³/mol. The molecule has 3 rings (SSSR count). The number of oxazole rings is 1. The Labute approximate surface area is 98.5 Å². The van der Waals surface area contributed by atoms with E-state index in [0.29, 0.717) is 12.4 Å². The molecule has 0 radical (unpaired) electrons. The normalized spacial score (nSPS) is 11.2. The van der Waals surface area contributed by atoms with Crippen LogP contribution in [0, 0.1) is 6.92 Å². The number of fused-ring (bicyclic) bond motifs is 1. The van der Waals surface area contributed by atoms with Crippen molar-refractivity contribution in [1.29, 1.82) is 0 Å². The molecule has 2 heterocycles. The lowest BCUT2D eigenvalue weighted by atomic mass is 10.1. The fourth-order valence-electron chi connectivity index (χ4n) is 2.06. The zero-order valence-electron chi connectivity index (χ0n) is 9.53. The minimum Gasteiger partial charge on any atom is -0.444 e. The van der Waals surface area contributed by atoms with Crippen molar-refractivity contribution in [3.05, 3.63) is 42.1 Å². The smallest absolute Gasteiger partial charge is 0.208 e. The number of aromatic amines is 1. The number of nitrogens with one attached hydrogen (secondary N) is 1. The maximum absolute atomic E-state index is 5.53. The van der Waals surface area contributed by atoms with E-state index in [4.69, 9.17) is 10.2 Å². The Kier molecular flexibility index (Phi) is 2.23. The van der Waals surface area contributed by atoms with Crippen LogP contribution in [0.2, 0.25) is 0 Å². The SMILES string of the molecule is Cc1oc(CN)nc1-c1c[nH]c2ccccc12. The Balaban J connectivity index is 2.23. The van der Waals surface area contributed by atoms with Crippen LogP contribution in [0.25, 0.3) is 22.2 Å². The second-order valence-corrected chi connectivity index (χ2v) is 3.96. The maximum Gasteiger partial charge on any atom is 0.208 e. The van der Waals surface area contributed by atoms with Crippen molar-refractivity contribution in [1.82, 2.24) is 9.97 Å². The number of hydrogen-bond acceptors (Lipinski definition) is 3. The Morgan fingerprint density at radius 2 is 2.18 bits per heavy atom. The third-order valence-electron chi connectivity index (χ3n) is 2.86. The first-order valence-corrected chi connectivity index (χ1v) is 5.52. The molecule has 2 aromatic heterocycles. The molecule has 4 nitrogen and oxygen atoms in total. The number of nitrogens with zero attached hydrogens (tertiary/aromatic N) is 1. The molecule has 0 amide bonds. The molecular formula is C13H13N3O. The average Bonchev–Trinajstić information content (AvgIpc) is 2.92. The number of aryl methyl sites for hydroxylation is 1. The fourth-order valence-corrected chi connectivity index (χ4v) is 2.06. The molecule has 0 aliphatic carbocycles. The molecule has 0 saturated carbocycles. The highest BCUT2D eigenvalue weighted by Gasteiger charge is 2.14. The minimum atomic E-state index is 0.323. The molecule has 0 atom stereocenters. The van der Waals surface area contributed by atoms with E-state index in [1.807, 2.05) is 31.3 Å². The quantitative estimate of drug-likeness (QED) is 0.707. The summed E-state index contributed by atoms with van der Waals surface area (Å²) in [5.74, 6) is 1.37. The highest BCUT2D eigenvalue weighted by molar-refractivity contribution is 5.94. The van der Waals surface area contributed by atoms with Gasteiger partial charge >= 0.3 is 0 Å². The summed E-state index contributed by atoms with van der Waals surface area (Å²) in [5.41, 5.74) is 8.55. The zero-order chi connectivity index (χ0) is 11.8. The molecule has 0 aliphatic heterocycles. The molecule has 0 unspecified atom stereocenters. The Morgan fingerprint density at radius 1 is 1.35 bits per heavy atom. The molecule has 0 aliphatic rings. The molecule has 3 N–H and O–H groups in total. The molecule has 0 spiro atoms. The predicted octanol–water partition coefficient (Wildman–Crippen LogP) is 2.59. The fraction of sp³-hybridized carbons (Fsp3) is 0.154. The van der Waals surface area contributed by atoms with Crippen LogP contribution in [0.1, 0.15) is 11.7 Å². The van der Waals surface area contributed by atoms with Crippen molar-refractivity contribution in [2.45, 2.75) is 13.5 Å². The van der Waals surface area contributed by atoms with Gasteiger partial charge in [-0.3, -0.25) is 0 Å². The molecule has 0 saturated heterocycles. The molecule has 3 aromatic rings. The van der Waals surface area contributed by atoms with Gasteiger partial charge in [0.15, 0.2) is 0 Å². The van der Waals surface area contributed by atoms with E-state index in [-0.39, 0.29) is 0 Å². The van der Waals surface area contributed by atoms with E-state index in [2.05, 4.69) is 16.0 Å². The van der Waals surface area contributed by atoms with E-state index in [0.717, 1.165) is 27.9 Å². The topological polar surface area (TPSA) is 67.8 Å². The van der Waals surface area contributed by atoms with Gasteiger partial charge in [-0.2, -0.15) is 0 Å². The van der Waals surface area contributed by atoms with Gasteiger partial charge in [0.25, 0.3) is 0 Å². The van der Waals surface area contributed by atoms with Gasteiger partial charge in [-0.05, 0) is 13.0 Å². The number of aromatic nitrogens is 2. The molecule has 17 heavy (non-hydrogen) atoms. The van der Waals surface area contributed by atoms with Crippen molar-refractivity contribution in [3.63, 3.8) is 0 Å². The van der Waals surface area contributed by atoms with Crippen LogP contribution in [0.3, 0.4) is 0 Å². The van der Waals surface area contributed by atoms with Gasteiger partial charge in [0.1, 0.15) is 11.5 Å². The van der Waals surface area contributed by atoms with Crippen LogP contribution in [0.5, 0.6) is 0 Å². The lowest BCUT2D eigenvalue weighted by Gasteiger charge is -1.94. The lowest BCUT2D eigenvalue weighted by molar-refractivity contribution is 0.474. The summed E-state index contributed by atoms with van der Waals surface area (Å²) < 4.78 is 5.49. The summed E-state index contributed by atoms with van der Waals surface area (Å²) in [4.78, 5) is 7.64. The monoisotopic (exact) mass is 227 g/mol. The molecule has 0 bridgehead atoms. The van der Waals surface area contributed by atoms with Gasteiger partial charge in [0, 0.05) is 22.7 Å². The second kappa shape index (κ2) is 3.75. The number of H-pyrrole nitrogens is 1. The van der Waals surface area contributed by atoms with Crippen LogP contribution < -0.4 is 5.73 Å². The van der Waals surface area contributed by atoms with Crippen molar-refractivity contribution in [2.75, 3.05) is 0 Å². The Bertz CT molecular complexity index is 666. The third kappa shape index (κ3) is 1.54. The number of hydrogen-bond donors (Lipinski definition) is 2. The van der Waals surface area contributed by atoms with Gasteiger partial charge in [0.2, 0.25) is 5.89 Å². The van der Waals surface area contributed by atoms with Gasteiger partial charge < -0.3 is 15.1 Å². The zero-order valence-corrected chi connectivity index (χ0v) is 9.53. The first-order chi connectivity index (χ1) is 8.29. The standard InChI is InChI=1S/C13H13N3O/c1-8-13(16-12(6-14)17-8)10-7-15-11-5-3-2-4-9(10)11/h2-5,7,15H,6,14H2,1H3. The number of benzene rings is 1. The molecule has 1 aromatic carbocycles. The number of para-hydroxylation sites is 1. The second-order valence-electron chi connectivity index (χ2n) is 3.96. The van der Waals surface area contributed by atoms with Gasteiger partial charge in [-0.25, -0.2) is 4.98 Å². The first-order valence-electron chi connectivity index (χ1n) is 5.52. The molecule has 4 heteroatoms. The van der Waals surface area contributed by atoms with Crippen LogP contribution in [0.15, 0.2) is 34.9 Å². The Hall–Kier alpha value is -2.07. The minimum absolute atomic E-state index is 0.323. The van der Waals surface area contributed by atoms with E-state index in [1.54, 1.807) is 0 Å². The summed E-state index contributed by atoms with van der Waals surface area (Å²) in [5, 5.41) is 1.15. The third-order valence-corrected chi connectivity index (χ3v) is 2.86. The Morgan fingerprint density at radius 3 is 2.94 bits per heavy atom. The van der Waals surface area contributed by atoms with Crippen molar-refractivity contribution >= 4 is 10.9 Å². The lowest BCUT2D eigenvalue weighted by Crippen LogP contribution is -1.95. The first kappa shape index (κ1) is 10.1. The largest absolute Gasteiger partial charge is 0.444 e. The highest BCUT2D eigenvalue weighted by atomic mass is 16.4. The van der Waals surface area contributed by atoms with E-state index >= 15 is 0 Å². The summed E-state index contributed by atoms with van der Waals surface area (Å²) in [6, 6.07) is 8.12. The van der Waals surface area contributed by atoms with E-state index < -0.39 is 0 Å². The van der Waals surface area contributed by atoms with Crippen LogP contribution >= 0.6 is 0 Å². The van der Waals surface area contributed by atoms with Crippen molar-refractivity contribution < 1.29 is 4.42 Å². The van der Waals surface area contributed by atoms with Crippen LogP contribution in [-0.2, 0) is 6.54 Å². The molecule has 86 valence electrons. The molecular weight excluding hydrogens is 214 g/mol. The van der Waals surface area contributed by atoms with E-state index in [1.165, 1.54) is 0 Å². The number of rotatable bonds is 2. The van der Waals surface area contributed by atoms with Crippen LogP contribution in [0.4, 0.5) is 0 Å². The van der Waals surface area contributed by atoms with Gasteiger partial charge in [-0.1, -0.05) is 18.2 Å². The van der Waals surface area contributed by atoms with Crippen molar-refractivity contribution in [3.8, 4) is 11.3 Å². The van der Waals surface area contributed by atoms with Gasteiger partial charge in [0.05, 0.1) is 6.54 Å². The van der Waals surface area contributed by atoms with E-state index in [9.17, 15) is 0 Å². The summed E-state index contributed by atoms with van der Waals surface area (Å²) in [6.45, 7) is 2.23. The average molecular weight is 227 g/mol. The van der Waals surface area contributed by atoms with Crippen molar-refractivity contribution in [2.24, 2.45) is 5.73 Å². The van der Waals surface area contributed by atoms with Crippen LogP contribution in [-0.4, -0.2) is 9.97 Å². The number of nitrogens with two attached hydrogens (primary N) is 1. The summed E-state index contributed by atoms with van der Waals surface area (Å²) in [7, 11) is 0. The summed E-state index contributed by atoms with van der Waals surface area (Å²) in [6.07, 6.45) is 1.95. The summed E-state index contributed by atoms with van der Waals surface area (Å²) >= 11 is 0. The molecule has 0 fully saturated rings. The highest BCUT2D eigenvalue weighted by Crippen LogP contribution is 2.30. The van der Waals surface area contributed by atoms with Gasteiger partial charge in [-0.15, -0.1) is 0 Å². The maximum atomic E-state index is 5.53.